The van der Waals surface area contributed by atoms with Gasteiger partial charge < -0.3 is 15.0 Å². The number of hydrogen-bond acceptors (Lipinski definition) is 3. The third-order valence-corrected chi connectivity index (χ3v) is 3.19. The summed E-state index contributed by atoms with van der Waals surface area (Å²) in [5.41, 5.74) is 2.74. The van der Waals surface area contributed by atoms with E-state index in [-0.39, 0.29) is 0 Å². The number of ether oxygens (including phenoxy) is 1. The van der Waals surface area contributed by atoms with Gasteiger partial charge in [0.1, 0.15) is 0 Å². The molecule has 1 aliphatic carbocycles. The fourth-order valence-electron chi connectivity index (χ4n) is 2.21. The molecule has 1 N–H and O–H groups in total. The molecule has 3 nitrogen and oxygen atoms in total. The van der Waals surface area contributed by atoms with Crippen LogP contribution in [0.4, 0.5) is 5.69 Å². The van der Waals surface area contributed by atoms with E-state index in [0.717, 1.165) is 25.7 Å². The minimum atomic E-state index is 0.725. The van der Waals surface area contributed by atoms with Gasteiger partial charge in [-0.05, 0) is 31.5 Å². The summed E-state index contributed by atoms with van der Waals surface area (Å²) in [5, 5.41) is 3.24. The van der Waals surface area contributed by atoms with Crippen molar-refractivity contribution >= 4 is 5.69 Å². The van der Waals surface area contributed by atoms with Gasteiger partial charge in [-0.1, -0.05) is 18.2 Å². The highest BCUT2D eigenvalue weighted by Gasteiger charge is 2.29. The Morgan fingerprint density at radius 2 is 2.12 bits per heavy atom. The van der Waals surface area contributed by atoms with E-state index in [9.17, 15) is 0 Å². The van der Waals surface area contributed by atoms with E-state index >= 15 is 0 Å². The standard InChI is InChI=1S/C14H22N2O/c1-15-11-12-5-3-4-6-14(12)16(9-10-17-2)13-7-8-13/h3-6,13,15H,7-11H2,1-2H3. The Kier molecular flexibility index (Phi) is 4.40. The number of anilines is 1. The van der Waals surface area contributed by atoms with Crippen molar-refractivity contribution in [3.8, 4) is 0 Å². The first-order valence-corrected chi connectivity index (χ1v) is 6.35. The smallest absolute Gasteiger partial charge is 0.0637 e. The van der Waals surface area contributed by atoms with Crippen LogP contribution in [0.3, 0.4) is 0 Å². The number of nitrogens with one attached hydrogen (secondary N) is 1. The summed E-state index contributed by atoms with van der Waals surface area (Å²) in [7, 11) is 3.76. The summed E-state index contributed by atoms with van der Waals surface area (Å²) in [6, 6.07) is 9.38. The summed E-state index contributed by atoms with van der Waals surface area (Å²) in [5.74, 6) is 0. The molecule has 0 spiro atoms. The second-order valence-electron chi connectivity index (χ2n) is 4.58. The molecule has 1 aliphatic rings. The van der Waals surface area contributed by atoms with Crippen LogP contribution in [0.5, 0.6) is 0 Å². The van der Waals surface area contributed by atoms with Crippen LogP contribution in [0.2, 0.25) is 0 Å². The predicted octanol–water partition coefficient (Wildman–Crippen LogP) is 2.02. The van der Waals surface area contributed by atoms with Gasteiger partial charge in [-0.25, -0.2) is 0 Å². The second kappa shape index (κ2) is 6.03. The molecule has 94 valence electrons. The van der Waals surface area contributed by atoms with Crippen LogP contribution in [-0.2, 0) is 11.3 Å². The summed E-state index contributed by atoms with van der Waals surface area (Å²) >= 11 is 0. The molecule has 0 heterocycles. The van der Waals surface area contributed by atoms with Crippen molar-refractivity contribution in [1.82, 2.24) is 5.32 Å². The fraction of sp³-hybridized carbons (Fsp3) is 0.571. The number of nitrogens with zero attached hydrogens (tertiary/aromatic N) is 1. The Morgan fingerprint density at radius 1 is 1.35 bits per heavy atom. The monoisotopic (exact) mass is 234 g/mol. The molecule has 0 aliphatic heterocycles. The third-order valence-electron chi connectivity index (χ3n) is 3.19. The summed E-state index contributed by atoms with van der Waals surface area (Å²) in [6.45, 7) is 2.71. The maximum absolute atomic E-state index is 5.21. The summed E-state index contributed by atoms with van der Waals surface area (Å²) in [4.78, 5) is 2.50. The van der Waals surface area contributed by atoms with E-state index in [2.05, 4.69) is 34.5 Å². The lowest BCUT2D eigenvalue weighted by Gasteiger charge is -2.27. The average molecular weight is 234 g/mol. The lowest BCUT2D eigenvalue weighted by atomic mass is 10.1. The first kappa shape index (κ1) is 12.4. The quantitative estimate of drug-likeness (QED) is 0.781. The van der Waals surface area contributed by atoms with Gasteiger partial charge in [-0.3, -0.25) is 0 Å². The maximum atomic E-state index is 5.21. The summed E-state index contributed by atoms with van der Waals surface area (Å²) < 4.78 is 5.21. The highest BCUT2D eigenvalue weighted by molar-refractivity contribution is 5.55. The van der Waals surface area contributed by atoms with Gasteiger partial charge in [0, 0.05) is 31.9 Å². The van der Waals surface area contributed by atoms with Gasteiger partial charge in [0.2, 0.25) is 0 Å². The summed E-state index contributed by atoms with van der Waals surface area (Å²) in [6.07, 6.45) is 2.63. The molecule has 3 heteroatoms. The highest BCUT2D eigenvalue weighted by Crippen LogP contribution is 2.33. The van der Waals surface area contributed by atoms with Gasteiger partial charge in [0.15, 0.2) is 0 Å². The van der Waals surface area contributed by atoms with Crippen LogP contribution in [0, 0.1) is 0 Å². The third kappa shape index (κ3) is 3.20. The lowest BCUT2D eigenvalue weighted by Crippen LogP contribution is -2.30. The molecule has 0 amide bonds. The maximum Gasteiger partial charge on any atom is 0.0637 e. The van der Waals surface area contributed by atoms with Crippen LogP contribution < -0.4 is 10.2 Å². The zero-order valence-corrected chi connectivity index (χ0v) is 10.8. The first-order valence-electron chi connectivity index (χ1n) is 6.35. The molecule has 1 saturated carbocycles. The van der Waals surface area contributed by atoms with Crippen molar-refractivity contribution in [2.75, 3.05) is 32.2 Å². The number of hydrogen-bond donors (Lipinski definition) is 1. The minimum absolute atomic E-state index is 0.725. The van der Waals surface area contributed by atoms with Gasteiger partial charge in [0.25, 0.3) is 0 Å². The predicted molar refractivity (Wildman–Crippen MR) is 71.4 cm³/mol. The molecular weight excluding hydrogens is 212 g/mol. The molecule has 0 atom stereocenters. The van der Waals surface area contributed by atoms with Crippen molar-refractivity contribution < 1.29 is 4.74 Å². The molecule has 0 saturated heterocycles. The SMILES string of the molecule is CNCc1ccccc1N(CCOC)C1CC1. The van der Waals surface area contributed by atoms with Crippen LogP contribution in [0.1, 0.15) is 18.4 Å². The molecule has 1 fully saturated rings. The Labute approximate surface area is 104 Å². The van der Waals surface area contributed by atoms with Crippen LogP contribution in [-0.4, -0.2) is 33.4 Å². The molecule has 1 aromatic rings. The Balaban J connectivity index is 2.15. The van der Waals surface area contributed by atoms with E-state index in [1.807, 2.05) is 7.05 Å². The average Bonchev–Trinajstić information content (AvgIpc) is 3.16. The number of rotatable bonds is 7. The highest BCUT2D eigenvalue weighted by atomic mass is 16.5. The molecule has 17 heavy (non-hydrogen) atoms. The Bertz CT molecular complexity index is 350. The lowest BCUT2D eigenvalue weighted by molar-refractivity contribution is 0.205. The number of benzene rings is 1. The molecular formula is C14H22N2O. The van der Waals surface area contributed by atoms with Crippen molar-refractivity contribution in [3.63, 3.8) is 0 Å². The molecule has 2 rings (SSSR count). The Morgan fingerprint density at radius 3 is 2.76 bits per heavy atom. The van der Waals surface area contributed by atoms with Crippen molar-refractivity contribution in [2.24, 2.45) is 0 Å². The van der Waals surface area contributed by atoms with Crippen molar-refractivity contribution in [2.45, 2.75) is 25.4 Å². The number of methoxy groups -OCH3 is 1. The largest absolute Gasteiger partial charge is 0.383 e. The van der Waals surface area contributed by atoms with Gasteiger partial charge in [-0.2, -0.15) is 0 Å². The topological polar surface area (TPSA) is 24.5 Å². The molecule has 1 aromatic carbocycles. The molecule has 0 bridgehead atoms. The Hall–Kier alpha value is -1.06. The van der Waals surface area contributed by atoms with Crippen LogP contribution in [0.25, 0.3) is 0 Å². The molecule has 0 aromatic heterocycles. The van der Waals surface area contributed by atoms with E-state index in [0.29, 0.717) is 0 Å². The zero-order valence-electron chi connectivity index (χ0n) is 10.8. The van der Waals surface area contributed by atoms with E-state index < -0.39 is 0 Å². The van der Waals surface area contributed by atoms with Crippen LogP contribution in [0.15, 0.2) is 24.3 Å². The number of para-hydroxylation sites is 1. The van der Waals surface area contributed by atoms with Crippen LogP contribution >= 0.6 is 0 Å². The van der Waals surface area contributed by atoms with E-state index in [4.69, 9.17) is 4.74 Å². The molecule has 0 radical (unpaired) electrons. The van der Waals surface area contributed by atoms with E-state index in [1.165, 1.54) is 24.1 Å². The van der Waals surface area contributed by atoms with Gasteiger partial charge in [0.05, 0.1) is 6.61 Å². The van der Waals surface area contributed by atoms with Gasteiger partial charge >= 0.3 is 0 Å². The normalized spacial score (nSPS) is 14.9. The van der Waals surface area contributed by atoms with Crippen molar-refractivity contribution in [1.29, 1.82) is 0 Å². The first-order chi connectivity index (χ1) is 8.36. The fourth-order valence-corrected chi connectivity index (χ4v) is 2.21. The zero-order chi connectivity index (χ0) is 12.1. The second-order valence-corrected chi connectivity index (χ2v) is 4.58. The van der Waals surface area contributed by atoms with Gasteiger partial charge in [-0.15, -0.1) is 0 Å². The van der Waals surface area contributed by atoms with Crippen molar-refractivity contribution in [3.05, 3.63) is 29.8 Å². The molecule has 0 unspecified atom stereocenters. The van der Waals surface area contributed by atoms with E-state index in [1.54, 1.807) is 7.11 Å². The minimum Gasteiger partial charge on any atom is -0.383 e.